The number of ether oxygens (including phenoxy) is 2. The zero-order valence-electron chi connectivity index (χ0n) is 20.3. The molecule has 2 aromatic carbocycles. The van der Waals surface area contributed by atoms with Crippen molar-refractivity contribution in [2.45, 2.75) is 72.3 Å². The van der Waals surface area contributed by atoms with Gasteiger partial charge in [0.15, 0.2) is 0 Å². The molecule has 0 amide bonds. The lowest BCUT2D eigenvalue weighted by Gasteiger charge is -2.32. The van der Waals surface area contributed by atoms with Crippen LogP contribution >= 0.6 is 0 Å². The van der Waals surface area contributed by atoms with Crippen molar-refractivity contribution in [3.8, 4) is 0 Å². The minimum atomic E-state index is -0.619. The molecule has 0 N–H and O–H groups in total. The number of esters is 1. The summed E-state index contributed by atoms with van der Waals surface area (Å²) in [5, 5.41) is 0. The second kappa shape index (κ2) is 11.1. The molecule has 1 fully saturated rings. The average Bonchev–Trinajstić information content (AvgIpc) is 3.50. The lowest BCUT2D eigenvalue weighted by atomic mass is 9.89. The van der Waals surface area contributed by atoms with Gasteiger partial charge in [-0.1, -0.05) is 60.7 Å². The Morgan fingerprint density at radius 3 is 2.16 bits per heavy atom. The van der Waals surface area contributed by atoms with E-state index in [1.54, 1.807) is 0 Å². The van der Waals surface area contributed by atoms with Crippen LogP contribution in [0.4, 0.5) is 0 Å². The first kappa shape index (κ1) is 24.5. The largest absolute Gasteiger partial charge is 0.465 e. The van der Waals surface area contributed by atoms with Crippen molar-refractivity contribution in [1.82, 2.24) is 4.90 Å². The van der Waals surface area contributed by atoms with Gasteiger partial charge in [-0.15, -0.1) is 0 Å². The summed E-state index contributed by atoms with van der Waals surface area (Å²) < 4.78 is 12.1. The van der Waals surface area contributed by atoms with Gasteiger partial charge in [-0.05, 0) is 71.0 Å². The van der Waals surface area contributed by atoms with Gasteiger partial charge in [0.05, 0.1) is 19.3 Å². The van der Waals surface area contributed by atoms with Crippen LogP contribution in [0.5, 0.6) is 0 Å². The molecule has 0 bridgehead atoms. The summed E-state index contributed by atoms with van der Waals surface area (Å²) in [5.74, 6) is 0.134. The van der Waals surface area contributed by atoms with E-state index >= 15 is 0 Å². The molecule has 0 aromatic heterocycles. The highest BCUT2D eigenvalue weighted by Crippen LogP contribution is 2.64. The Labute approximate surface area is 193 Å². The molecule has 3 rings (SSSR count). The summed E-state index contributed by atoms with van der Waals surface area (Å²) >= 11 is 0. The number of rotatable bonds is 12. The van der Waals surface area contributed by atoms with Crippen LogP contribution < -0.4 is 0 Å². The molecule has 4 heteroatoms. The molecule has 1 aliphatic rings. The van der Waals surface area contributed by atoms with Crippen molar-refractivity contribution in [2.24, 2.45) is 11.3 Å². The lowest BCUT2D eigenvalue weighted by molar-refractivity contribution is -0.159. The Hall–Kier alpha value is -2.17. The topological polar surface area (TPSA) is 38.8 Å². The molecule has 0 radical (unpaired) electrons. The maximum Gasteiger partial charge on any atom is 0.315 e. The highest BCUT2D eigenvalue weighted by Gasteiger charge is 2.66. The first-order valence-corrected chi connectivity index (χ1v) is 12.0. The maximum atomic E-state index is 13.4. The van der Waals surface area contributed by atoms with Gasteiger partial charge in [-0.25, -0.2) is 0 Å². The van der Waals surface area contributed by atoms with E-state index < -0.39 is 5.41 Å². The van der Waals surface area contributed by atoms with Gasteiger partial charge in [-0.2, -0.15) is 0 Å². The predicted octanol–water partition coefficient (Wildman–Crippen LogP) is 6.02. The van der Waals surface area contributed by atoms with Crippen molar-refractivity contribution in [3.05, 3.63) is 71.8 Å². The average molecular weight is 438 g/mol. The minimum absolute atomic E-state index is 0.118. The van der Waals surface area contributed by atoms with E-state index in [9.17, 15) is 4.79 Å². The van der Waals surface area contributed by atoms with Crippen LogP contribution in [0.25, 0.3) is 0 Å². The number of carbonyl (C=O) groups is 1. The summed E-state index contributed by atoms with van der Waals surface area (Å²) in [5.41, 5.74) is 1.53. The summed E-state index contributed by atoms with van der Waals surface area (Å²) in [7, 11) is 0. The van der Waals surface area contributed by atoms with Crippen LogP contribution in [0.1, 0.15) is 64.7 Å². The second-order valence-electron chi connectivity index (χ2n) is 9.46. The fourth-order valence-electron chi connectivity index (χ4n) is 4.99. The van der Waals surface area contributed by atoms with Crippen LogP contribution in [-0.4, -0.2) is 36.1 Å². The standard InChI is InChI=1S/C28H39NO3/c1-6-31-27(30)28(19-25(28)17-18-29(21(2)3)22(4)5)26(24-15-11-8-12-16-24)32-20-23-13-9-7-10-14-23/h7-16,21-22,25-26H,6,17-20H2,1-5H3. The smallest absolute Gasteiger partial charge is 0.315 e. The monoisotopic (exact) mass is 437 g/mol. The van der Waals surface area contributed by atoms with Gasteiger partial charge < -0.3 is 9.47 Å². The Morgan fingerprint density at radius 1 is 1.00 bits per heavy atom. The van der Waals surface area contributed by atoms with E-state index in [1.165, 1.54) is 0 Å². The van der Waals surface area contributed by atoms with Crippen LogP contribution in [0.3, 0.4) is 0 Å². The molecule has 4 nitrogen and oxygen atoms in total. The molecule has 3 atom stereocenters. The summed E-state index contributed by atoms with van der Waals surface area (Å²) in [6.45, 7) is 12.7. The van der Waals surface area contributed by atoms with E-state index in [0.717, 1.165) is 30.5 Å². The zero-order chi connectivity index (χ0) is 23.1. The molecule has 1 saturated carbocycles. The van der Waals surface area contributed by atoms with Crippen LogP contribution in [0, 0.1) is 11.3 Å². The van der Waals surface area contributed by atoms with Gasteiger partial charge in [-0.3, -0.25) is 9.69 Å². The molecule has 174 valence electrons. The number of carbonyl (C=O) groups excluding carboxylic acids is 1. The van der Waals surface area contributed by atoms with Crippen molar-refractivity contribution < 1.29 is 14.3 Å². The third kappa shape index (κ3) is 5.60. The van der Waals surface area contributed by atoms with E-state index in [0.29, 0.717) is 25.3 Å². The highest BCUT2D eigenvalue weighted by atomic mass is 16.5. The van der Waals surface area contributed by atoms with Crippen LogP contribution in [0.15, 0.2) is 60.7 Å². The Morgan fingerprint density at radius 2 is 1.59 bits per heavy atom. The maximum absolute atomic E-state index is 13.4. The summed E-state index contributed by atoms with van der Waals surface area (Å²) in [6.07, 6.45) is 1.46. The van der Waals surface area contributed by atoms with Crippen molar-refractivity contribution in [3.63, 3.8) is 0 Å². The van der Waals surface area contributed by atoms with Crippen LogP contribution in [-0.2, 0) is 20.9 Å². The molecule has 2 aromatic rings. The lowest BCUT2D eigenvalue weighted by Crippen LogP contribution is -2.38. The fraction of sp³-hybridized carbons (Fsp3) is 0.536. The SMILES string of the molecule is CCOC(=O)C1(C(OCc2ccccc2)c2ccccc2)CC1CCN(C(C)C)C(C)C. The minimum Gasteiger partial charge on any atom is -0.465 e. The highest BCUT2D eigenvalue weighted by molar-refractivity contribution is 5.82. The van der Waals surface area contributed by atoms with Gasteiger partial charge in [0, 0.05) is 12.1 Å². The number of benzene rings is 2. The molecule has 0 saturated heterocycles. The summed E-state index contributed by atoms with van der Waals surface area (Å²) in [4.78, 5) is 15.9. The quantitative estimate of drug-likeness (QED) is 0.381. The molecular formula is C28H39NO3. The second-order valence-corrected chi connectivity index (χ2v) is 9.46. The van der Waals surface area contributed by atoms with E-state index in [4.69, 9.17) is 9.47 Å². The van der Waals surface area contributed by atoms with Gasteiger partial charge in [0.25, 0.3) is 0 Å². The fourth-order valence-corrected chi connectivity index (χ4v) is 4.99. The van der Waals surface area contributed by atoms with E-state index in [2.05, 4.69) is 56.9 Å². The molecule has 32 heavy (non-hydrogen) atoms. The van der Waals surface area contributed by atoms with Crippen molar-refractivity contribution in [1.29, 1.82) is 0 Å². The normalized spacial score (nSPS) is 21.2. The predicted molar refractivity (Wildman–Crippen MR) is 129 cm³/mol. The molecule has 0 spiro atoms. The van der Waals surface area contributed by atoms with Crippen LogP contribution in [0.2, 0.25) is 0 Å². The number of hydrogen-bond acceptors (Lipinski definition) is 4. The van der Waals surface area contributed by atoms with Crippen molar-refractivity contribution >= 4 is 5.97 Å². The van der Waals surface area contributed by atoms with Crippen molar-refractivity contribution in [2.75, 3.05) is 13.2 Å². The van der Waals surface area contributed by atoms with E-state index in [-0.39, 0.29) is 18.0 Å². The van der Waals surface area contributed by atoms with Gasteiger partial charge >= 0.3 is 5.97 Å². The van der Waals surface area contributed by atoms with E-state index in [1.807, 2.05) is 43.3 Å². The van der Waals surface area contributed by atoms with Gasteiger partial charge in [0.1, 0.15) is 5.41 Å². The Kier molecular flexibility index (Phi) is 8.50. The number of nitrogens with zero attached hydrogens (tertiary/aromatic N) is 1. The molecule has 0 heterocycles. The molecular weight excluding hydrogens is 398 g/mol. The third-order valence-corrected chi connectivity index (χ3v) is 6.70. The molecule has 1 aliphatic carbocycles. The first-order valence-electron chi connectivity index (χ1n) is 12.0. The van der Waals surface area contributed by atoms with Gasteiger partial charge in [0.2, 0.25) is 0 Å². The Bertz CT molecular complexity index is 828. The number of hydrogen-bond donors (Lipinski definition) is 0. The molecule has 3 unspecified atom stereocenters. The first-order chi connectivity index (χ1) is 15.4. The summed E-state index contributed by atoms with van der Waals surface area (Å²) in [6, 6.07) is 21.3. The third-order valence-electron chi connectivity index (χ3n) is 6.70. The molecule has 0 aliphatic heterocycles. The zero-order valence-corrected chi connectivity index (χ0v) is 20.3. The Balaban J connectivity index is 1.85.